The molecule has 4 nitrogen and oxygen atoms in total. The van der Waals surface area contributed by atoms with Crippen LogP contribution >= 0.6 is 11.3 Å². The molecule has 0 bridgehead atoms. The second-order valence-corrected chi connectivity index (χ2v) is 6.56. The Hall–Kier alpha value is -1.88. The van der Waals surface area contributed by atoms with Crippen molar-refractivity contribution in [2.75, 3.05) is 7.05 Å². The molecule has 0 unspecified atom stereocenters. The van der Waals surface area contributed by atoms with Crippen LogP contribution in [0, 0.1) is 11.8 Å². The first-order valence-corrected chi connectivity index (χ1v) is 7.95. The Labute approximate surface area is 127 Å². The van der Waals surface area contributed by atoms with Gasteiger partial charge in [-0.05, 0) is 35.2 Å². The molecular formula is C16H18N2O2S. The maximum absolute atomic E-state index is 12.4. The SMILES string of the molecule is CN(Cc1csc2ccccc12)C(=O)[C@H]1CC[C@H]1C(N)=O. The number of hydrogen-bond acceptors (Lipinski definition) is 3. The van der Waals surface area contributed by atoms with Crippen LogP contribution in [0.2, 0.25) is 0 Å². The van der Waals surface area contributed by atoms with E-state index in [1.807, 2.05) is 12.1 Å². The van der Waals surface area contributed by atoms with E-state index in [2.05, 4.69) is 17.5 Å². The van der Waals surface area contributed by atoms with Gasteiger partial charge >= 0.3 is 0 Å². The Kier molecular flexibility index (Phi) is 3.68. The molecule has 0 aliphatic heterocycles. The van der Waals surface area contributed by atoms with Gasteiger partial charge in [0.2, 0.25) is 11.8 Å². The van der Waals surface area contributed by atoms with Crippen molar-refractivity contribution in [2.45, 2.75) is 19.4 Å². The van der Waals surface area contributed by atoms with Crippen molar-refractivity contribution in [3.8, 4) is 0 Å². The van der Waals surface area contributed by atoms with Gasteiger partial charge in [-0.15, -0.1) is 11.3 Å². The molecule has 2 N–H and O–H groups in total. The highest BCUT2D eigenvalue weighted by atomic mass is 32.1. The number of benzene rings is 1. The van der Waals surface area contributed by atoms with E-state index in [9.17, 15) is 9.59 Å². The van der Waals surface area contributed by atoms with Crippen molar-refractivity contribution in [2.24, 2.45) is 17.6 Å². The summed E-state index contributed by atoms with van der Waals surface area (Å²) in [6.07, 6.45) is 1.50. The van der Waals surface area contributed by atoms with Gasteiger partial charge in [0.25, 0.3) is 0 Å². The summed E-state index contributed by atoms with van der Waals surface area (Å²) < 4.78 is 1.23. The number of rotatable bonds is 4. The first-order chi connectivity index (χ1) is 10.1. The van der Waals surface area contributed by atoms with Crippen LogP contribution in [-0.2, 0) is 16.1 Å². The molecule has 2 atom stereocenters. The molecular weight excluding hydrogens is 284 g/mol. The van der Waals surface area contributed by atoms with Crippen LogP contribution in [0.1, 0.15) is 18.4 Å². The number of primary amides is 1. The van der Waals surface area contributed by atoms with Crippen molar-refractivity contribution in [1.29, 1.82) is 0 Å². The predicted octanol–water partition coefficient (Wildman–Crippen LogP) is 2.37. The van der Waals surface area contributed by atoms with E-state index in [-0.39, 0.29) is 23.7 Å². The Morgan fingerprint density at radius 1 is 1.29 bits per heavy atom. The number of nitrogens with zero attached hydrogens (tertiary/aromatic N) is 1. The zero-order valence-electron chi connectivity index (χ0n) is 11.9. The summed E-state index contributed by atoms with van der Waals surface area (Å²) >= 11 is 1.69. The summed E-state index contributed by atoms with van der Waals surface area (Å²) in [6, 6.07) is 8.19. The minimum Gasteiger partial charge on any atom is -0.369 e. The van der Waals surface area contributed by atoms with Crippen molar-refractivity contribution >= 4 is 33.2 Å². The average Bonchev–Trinajstić information content (AvgIpc) is 2.80. The molecule has 1 aliphatic rings. The molecule has 110 valence electrons. The Morgan fingerprint density at radius 3 is 2.67 bits per heavy atom. The molecule has 1 aromatic carbocycles. The third kappa shape index (κ3) is 2.53. The van der Waals surface area contributed by atoms with Gasteiger partial charge in [-0.2, -0.15) is 0 Å². The zero-order chi connectivity index (χ0) is 15.0. The van der Waals surface area contributed by atoms with Gasteiger partial charge < -0.3 is 10.6 Å². The number of nitrogens with two attached hydrogens (primary N) is 1. The molecule has 2 amide bonds. The monoisotopic (exact) mass is 302 g/mol. The van der Waals surface area contributed by atoms with E-state index in [0.717, 1.165) is 18.4 Å². The Balaban J connectivity index is 1.73. The number of carbonyl (C=O) groups excluding carboxylic acids is 2. The molecule has 21 heavy (non-hydrogen) atoms. The number of amides is 2. The van der Waals surface area contributed by atoms with E-state index in [0.29, 0.717) is 6.54 Å². The highest BCUT2D eigenvalue weighted by Crippen LogP contribution is 2.36. The van der Waals surface area contributed by atoms with Gasteiger partial charge in [-0.3, -0.25) is 9.59 Å². The van der Waals surface area contributed by atoms with Crippen LogP contribution < -0.4 is 5.73 Å². The van der Waals surface area contributed by atoms with Crippen molar-refractivity contribution in [1.82, 2.24) is 4.90 Å². The Bertz CT molecular complexity index is 694. The van der Waals surface area contributed by atoms with Gasteiger partial charge in [0.1, 0.15) is 0 Å². The van der Waals surface area contributed by atoms with Crippen LogP contribution in [0.5, 0.6) is 0 Å². The smallest absolute Gasteiger partial charge is 0.226 e. The summed E-state index contributed by atoms with van der Waals surface area (Å²) in [7, 11) is 1.80. The van der Waals surface area contributed by atoms with E-state index in [1.54, 1.807) is 23.3 Å². The fourth-order valence-electron chi connectivity index (χ4n) is 2.91. The summed E-state index contributed by atoms with van der Waals surface area (Å²) in [5.74, 6) is -0.828. The summed E-state index contributed by atoms with van der Waals surface area (Å²) in [5, 5.41) is 3.29. The van der Waals surface area contributed by atoms with Gasteiger partial charge in [0, 0.05) is 30.1 Å². The lowest BCUT2D eigenvalue weighted by Crippen LogP contribution is -2.46. The lowest BCUT2D eigenvalue weighted by atomic mass is 9.72. The summed E-state index contributed by atoms with van der Waals surface area (Å²) in [4.78, 5) is 25.4. The van der Waals surface area contributed by atoms with Crippen molar-refractivity contribution in [3.63, 3.8) is 0 Å². The van der Waals surface area contributed by atoms with Gasteiger partial charge in [0.05, 0.1) is 0 Å². The molecule has 5 heteroatoms. The minimum absolute atomic E-state index is 0.0281. The van der Waals surface area contributed by atoms with Crippen LogP contribution in [0.25, 0.3) is 10.1 Å². The molecule has 1 aliphatic carbocycles. The number of carbonyl (C=O) groups is 2. The van der Waals surface area contributed by atoms with Gasteiger partial charge in [-0.25, -0.2) is 0 Å². The standard InChI is InChI=1S/C16H18N2O2S/c1-18(16(20)13-7-6-12(13)15(17)19)8-10-9-21-14-5-3-2-4-11(10)14/h2-5,9,12-13H,6-8H2,1H3,(H2,17,19)/t12-,13+/m1/s1. The second-order valence-electron chi connectivity index (χ2n) is 5.64. The molecule has 2 aromatic rings. The van der Waals surface area contributed by atoms with Crippen LogP contribution in [-0.4, -0.2) is 23.8 Å². The molecule has 3 rings (SSSR count). The first-order valence-electron chi connectivity index (χ1n) is 7.07. The topological polar surface area (TPSA) is 63.4 Å². The third-order valence-corrected chi connectivity index (χ3v) is 5.31. The molecule has 0 radical (unpaired) electrons. The van der Waals surface area contributed by atoms with Gasteiger partial charge in [-0.1, -0.05) is 18.2 Å². The highest BCUT2D eigenvalue weighted by Gasteiger charge is 2.41. The third-order valence-electron chi connectivity index (χ3n) is 4.30. The summed E-state index contributed by atoms with van der Waals surface area (Å²) in [6.45, 7) is 0.574. The normalized spacial score (nSPS) is 21.0. The van der Waals surface area contributed by atoms with Crippen LogP contribution in [0.3, 0.4) is 0 Å². The fraction of sp³-hybridized carbons (Fsp3) is 0.375. The maximum Gasteiger partial charge on any atom is 0.226 e. The van der Waals surface area contributed by atoms with E-state index in [1.165, 1.54) is 10.1 Å². The predicted molar refractivity (Wildman–Crippen MR) is 83.7 cm³/mol. The quantitative estimate of drug-likeness (QED) is 0.942. The number of fused-ring (bicyclic) bond motifs is 1. The molecule has 1 aromatic heterocycles. The van der Waals surface area contributed by atoms with E-state index < -0.39 is 0 Å². The second kappa shape index (κ2) is 5.48. The molecule has 1 fully saturated rings. The molecule has 1 saturated carbocycles. The average molecular weight is 302 g/mol. The molecule has 0 saturated heterocycles. The number of hydrogen-bond donors (Lipinski definition) is 1. The molecule has 0 spiro atoms. The molecule has 1 heterocycles. The largest absolute Gasteiger partial charge is 0.369 e. The fourth-order valence-corrected chi connectivity index (χ4v) is 3.86. The first kappa shape index (κ1) is 14.1. The highest BCUT2D eigenvalue weighted by molar-refractivity contribution is 7.17. The lowest BCUT2D eigenvalue weighted by Gasteiger charge is -2.35. The van der Waals surface area contributed by atoms with Crippen molar-refractivity contribution in [3.05, 3.63) is 35.2 Å². The maximum atomic E-state index is 12.4. The summed E-state index contributed by atoms with van der Waals surface area (Å²) in [5.41, 5.74) is 6.48. The lowest BCUT2D eigenvalue weighted by molar-refractivity contribution is -0.145. The van der Waals surface area contributed by atoms with Crippen LogP contribution in [0.4, 0.5) is 0 Å². The van der Waals surface area contributed by atoms with Crippen LogP contribution in [0.15, 0.2) is 29.6 Å². The van der Waals surface area contributed by atoms with E-state index in [4.69, 9.17) is 5.73 Å². The number of thiophene rings is 1. The minimum atomic E-state index is -0.353. The zero-order valence-corrected chi connectivity index (χ0v) is 12.7. The Morgan fingerprint density at radius 2 is 2.00 bits per heavy atom. The van der Waals surface area contributed by atoms with Gasteiger partial charge in [0.15, 0.2) is 0 Å². The van der Waals surface area contributed by atoms with Crippen molar-refractivity contribution < 1.29 is 9.59 Å². The van der Waals surface area contributed by atoms with E-state index >= 15 is 0 Å².